The van der Waals surface area contributed by atoms with Gasteiger partial charge in [0.1, 0.15) is 11.2 Å². The van der Waals surface area contributed by atoms with Crippen LogP contribution in [0.25, 0.3) is 98.8 Å². The van der Waals surface area contributed by atoms with Gasteiger partial charge in [-0.05, 0) is 119 Å². The van der Waals surface area contributed by atoms with Gasteiger partial charge in [-0.15, -0.1) is 0 Å². The second kappa shape index (κ2) is 12.1. The van der Waals surface area contributed by atoms with Gasteiger partial charge in [0.2, 0.25) is 0 Å². The first kappa shape index (κ1) is 29.3. The van der Waals surface area contributed by atoms with E-state index in [1.54, 1.807) is 0 Å². The third-order valence-electron chi connectivity index (χ3n) is 10.8. The Hall–Kier alpha value is -6.44. The first-order chi connectivity index (χ1) is 26.0. The maximum atomic E-state index is 8.03. The summed E-state index contributed by atoms with van der Waals surface area (Å²) in [4.78, 5) is 0. The summed E-state index contributed by atoms with van der Waals surface area (Å²) in [6.07, 6.45) is 0. The van der Waals surface area contributed by atoms with Gasteiger partial charge in [0.15, 0.2) is 0 Å². The zero-order valence-corrected chi connectivity index (χ0v) is 29.2. The molecule has 0 aliphatic rings. The van der Waals surface area contributed by atoms with E-state index in [1.807, 2.05) is 18.2 Å². The number of fused-ring (bicyclic) bond motifs is 6. The molecule has 1 nitrogen and oxygen atoms in total. The van der Waals surface area contributed by atoms with Gasteiger partial charge in [0.25, 0.3) is 0 Å². The van der Waals surface area contributed by atoms with Gasteiger partial charge in [-0.2, -0.15) is 0 Å². The molecule has 0 saturated heterocycles. The number of hydrogen-bond acceptors (Lipinski definition) is 1. The molecule has 10 rings (SSSR count). The SMILES string of the molecule is [2H]c1ccc2cc(-c3cccc(-c4c5ccccc5c(-c5cccc(-c6cccc7oc8cc(C(C)C)ccc8c67)c5)c5ccccc45)c3)ccc2c1. The molecule has 10 aromatic rings. The lowest BCUT2D eigenvalue weighted by Gasteiger charge is -2.18. The van der Waals surface area contributed by atoms with Crippen LogP contribution in [-0.2, 0) is 0 Å². The number of rotatable bonds is 5. The van der Waals surface area contributed by atoms with Crippen LogP contribution < -0.4 is 0 Å². The van der Waals surface area contributed by atoms with Gasteiger partial charge >= 0.3 is 0 Å². The van der Waals surface area contributed by atoms with Crippen LogP contribution in [0.2, 0.25) is 0 Å². The molecular weight excluding hydrogens is 629 g/mol. The summed E-state index contributed by atoms with van der Waals surface area (Å²) in [5.74, 6) is 0.437. The molecule has 0 atom stereocenters. The summed E-state index contributed by atoms with van der Waals surface area (Å²) >= 11 is 0. The molecule has 0 aliphatic carbocycles. The zero-order chi connectivity index (χ0) is 35.6. The zero-order valence-electron chi connectivity index (χ0n) is 30.2. The van der Waals surface area contributed by atoms with E-state index in [0.29, 0.717) is 12.0 Å². The monoisotopic (exact) mass is 665 g/mol. The summed E-state index contributed by atoms with van der Waals surface area (Å²) in [7, 11) is 0. The van der Waals surface area contributed by atoms with Crippen LogP contribution in [0, 0.1) is 0 Å². The molecular formula is C51H36O. The second-order valence-corrected chi connectivity index (χ2v) is 14.2. The summed E-state index contributed by atoms with van der Waals surface area (Å²) < 4.78 is 14.5. The number of benzene rings is 9. The highest BCUT2D eigenvalue weighted by molar-refractivity contribution is 6.22. The Morgan fingerprint density at radius 3 is 1.73 bits per heavy atom. The molecule has 0 N–H and O–H groups in total. The van der Waals surface area contributed by atoms with Crippen molar-refractivity contribution in [1.29, 1.82) is 0 Å². The molecule has 0 amide bonds. The highest BCUT2D eigenvalue weighted by Crippen LogP contribution is 2.45. The Morgan fingerprint density at radius 2 is 1.04 bits per heavy atom. The number of furan rings is 1. The highest BCUT2D eigenvalue weighted by atomic mass is 16.3. The normalized spacial score (nSPS) is 12.1. The largest absolute Gasteiger partial charge is 0.456 e. The van der Waals surface area contributed by atoms with E-state index in [-0.39, 0.29) is 0 Å². The van der Waals surface area contributed by atoms with Crippen molar-refractivity contribution in [3.8, 4) is 44.5 Å². The molecule has 0 spiro atoms. The predicted octanol–water partition coefficient (Wildman–Crippen LogP) is 14.8. The Labute approximate surface area is 304 Å². The minimum absolute atomic E-state index is 0.437. The topological polar surface area (TPSA) is 13.1 Å². The van der Waals surface area contributed by atoms with Gasteiger partial charge in [-0.1, -0.05) is 159 Å². The van der Waals surface area contributed by atoms with Crippen molar-refractivity contribution in [2.45, 2.75) is 19.8 Å². The maximum absolute atomic E-state index is 8.03. The third kappa shape index (κ3) is 4.93. The summed E-state index contributed by atoms with van der Waals surface area (Å²) in [5, 5.41) is 9.46. The first-order valence-electron chi connectivity index (χ1n) is 18.6. The molecule has 0 fully saturated rings. The van der Waals surface area contributed by atoms with E-state index < -0.39 is 0 Å². The average Bonchev–Trinajstić information content (AvgIpc) is 3.58. The second-order valence-electron chi connectivity index (χ2n) is 14.2. The van der Waals surface area contributed by atoms with Crippen LogP contribution in [0.4, 0.5) is 0 Å². The van der Waals surface area contributed by atoms with Crippen LogP contribution in [0.5, 0.6) is 0 Å². The maximum Gasteiger partial charge on any atom is 0.136 e. The van der Waals surface area contributed by atoms with Crippen LogP contribution in [0.3, 0.4) is 0 Å². The first-order valence-corrected chi connectivity index (χ1v) is 18.1. The lowest BCUT2D eigenvalue weighted by Crippen LogP contribution is -1.91. The van der Waals surface area contributed by atoms with Gasteiger partial charge in [0.05, 0.1) is 1.37 Å². The Morgan fingerprint density at radius 1 is 0.423 bits per heavy atom. The van der Waals surface area contributed by atoms with Crippen molar-refractivity contribution in [1.82, 2.24) is 0 Å². The standard InChI is InChI=1S/C51H36O/c1-32(2)34-26-27-46-48(31-34)52-47-23-11-22-41(51(46)47)38-15-10-17-40(30-38)50-44-20-7-5-18-42(44)49(43-19-6-8-21-45(43)50)39-16-9-14-36(29-39)37-25-24-33-12-3-4-13-35(33)28-37/h3-32H,1-2H3/i3D. The fourth-order valence-corrected chi connectivity index (χ4v) is 8.19. The fourth-order valence-electron chi connectivity index (χ4n) is 8.19. The van der Waals surface area contributed by atoms with Gasteiger partial charge in [-0.25, -0.2) is 0 Å². The van der Waals surface area contributed by atoms with E-state index in [0.717, 1.165) is 32.7 Å². The molecule has 0 saturated carbocycles. The molecule has 0 aliphatic heterocycles. The molecule has 1 heterocycles. The minimum Gasteiger partial charge on any atom is -0.456 e. The van der Waals surface area contributed by atoms with Gasteiger partial charge in [0, 0.05) is 10.8 Å². The van der Waals surface area contributed by atoms with E-state index >= 15 is 0 Å². The van der Waals surface area contributed by atoms with E-state index in [2.05, 4.69) is 166 Å². The van der Waals surface area contributed by atoms with Crippen molar-refractivity contribution in [3.05, 3.63) is 181 Å². The van der Waals surface area contributed by atoms with Gasteiger partial charge < -0.3 is 4.42 Å². The number of hydrogen-bond donors (Lipinski definition) is 0. The summed E-state index contributed by atoms with van der Waals surface area (Å²) in [5.41, 5.74) is 12.7. The molecule has 246 valence electrons. The molecule has 0 unspecified atom stereocenters. The molecule has 1 aromatic heterocycles. The smallest absolute Gasteiger partial charge is 0.136 e. The Bertz CT molecular complexity index is 3000. The fraction of sp³-hybridized carbons (Fsp3) is 0.0588. The van der Waals surface area contributed by atoms with Crippen molar-refractivity contribution >= 4 is 54.3 Å². The van der Waals surface area contributed by atoms with Crippen molar-refractivity contribution in [2.75, 3.05) is 0 Å². The van der Waals surface area contributed by atoms with Gasteiger partial charge in [-0.3, -0.25) is 0 Å². The summed E-state index contributed by atoms with van der Waals surface area (Å²) in [6, 6.07) is 61.7. The molecule has 1 heteroatoms. The Balaban J connectivity index is 1.15. The lowest BCUT2D eigenvalue weighted by atomic mass is 9.85. The van der Waals surface area contributed by atoms with Crippen LogP contribution >= 0.6 is 0 Å². The highest BCUT2D eigenvalue weighted by Gasteiger charge is 2.19. The summed E-state index contributed by atoms with van der Waals surface area (Å²) in [6.45, 7) is 4.44. The average molecular weight is 666 g/mol. The molecule has 9 aromatic carbocycles. The van der Waals surface area contributed by atoms with Crippen LogP contribution in [0.15, 0.2) is 180 Å². The molecule has 0 bridgehead atoms. The Kier molecular flexibility index (Phi) is 6.82. The minimum atomic E-state index is 0.437. The van der Waals surface area contributed by atoms with E-state index in [1.165, 1.54) is 71.6 Å². The van der Waals surface area contributed by atoms with Crippen molar-refractivity contribution in [2.24, 2.45) is 0 Å². The predicted molar refractivity (Wildman–Crippen MR) is 222 cm³/mol. The van der Waals surface area contributed by atoms with E-state index in [4.69, 9.17) is 5.79 Å². The van der Waals surface area contributed by atoms with E-state index in [9.17, 15) is 0 Å². The quantitative estimate of drug-likeness (QED) is 0.167. The van der Waals surface area contributed by atoms with Crippen LogP contribution in [-0.4, -0.2) is 0 Å². The van der Waals surface area contributed by atoms with Crippen LogP contribution in [0.1, 0.15) is 26.7 Å². The lowest BCUT2D eigenvalue weighted by molar-refractivity contribution is 0.667. The molecule has 0 radical (unpaired) electrons. The van der Waals surface area contributed by atoms with Crippen molar-refractivity contribution in [3.63, 3.8) is 0 Å². The third-order valence-corrected chi connectivity index (χ3v) is 10.8. The molecule has 52 heavy (non-hydrogen) atoms. The van der Waals surface area contributed by atoms with Crippen molar-refractivity contribution < 1.29 is 5.79 Å².